The summed E-state index contributed by atoms with van der Waals surface area (Å²) in [5.74, 6) is -0.426. The zero-order valence-corrected chi connectivity index (χ0v) is 13.4. The predicted molar refractivity (Wildman–Crippen MR) is 85.4 cm³/mol. The molecule has 132 valence electrons. The molecule has 8 nitrogen and oxygen atoms in total. The van der Waals surface area contributed by atoms with E-state index in [1.807, 2.05) is 0 Å². The number of halogens is 1. The van der Waals surface area contributed by atoms with Gasteiger partial charge in [0.15, 0.2) is 0 Å². The normalized spacial score (nSPS) is 19.5. The Morgan fingerprint density at radius 3 is 2.88 bits per heavy atom. The number of nitrogens with two attached hydrogens (primary N) is 1. The van der Waals surface area contributed by atoms with Crippen molar-refractivity contribution in [2.45, 2.75) is 12.5 Å². The van der Waals surface area contributed by atoms with Gasteiger partial charge in [-0.25, -0.2) is 4.39 Å². The van der Waals surface area contributed by atoms with Gasteiger partial charge >= 0.3 is 0 Å². The van der Waals surface area contributed by atoms with Crippen LogP contribution in [0.1, 0.15) is 12.5 Å². The maximum Gasteiger partial charge on any atom is 0.290 e. The van der Waals surface area contributed by atoms with Gasteiger partial charge in [-0.15, -0.1) is 0 Å². The topological polar surface area (TPSA) is 123 Å². The van der Waals surface area contributed by atoms with Gasteiger partial charge in [-0.2, -0.15) is 0 Å². The van der Waals surface area contributed by atoms with E-state index in [4.69, 9.17) is 25.1 Å². The SMILES string of the molecule is COCC(=O)Nc1ccc(F)c([C@]2(C)COCC(N)=N2)c1.O=CO. The van der Waals surface area contributed by atoms with Crippen LogP contribution in [-0.2, 0) is 24.6 Å². The largest absolute Gasteiger partial charge is 0.483 e. The lowest BCUT2D eigenvalue weighted by Gasteiger charge is -2.30. The first kappa shape index (κ1) is 19.5. The van der Waals surface area contributed by atoms with Crippen molar-refractivity contribution in [2.24, 2.45) is 10.7 Å². The Balaban J connectivity index is 0.000000891. The molecule has 0 saturated carbocycles. The van der Waals surface area contributed by atoms with Crippen LogP contribution in [0, 0.1) is 5.82 Å². The van der Waals surface area contributed by atoms with Crippen LogP contribution >= 0.6 is 0 Å². The molecule has 1 aromatic carbocycles. The number of nitrogens with zero attached hydrogens (tertiary/aromatic N) is 1. The molecule has 0 spiro atoms. The Bertz CT molecular complexity index is 623. The minimum Gasteiger partial charge on any atom is -0.483 e. The van der Waals surface area contributed by atoms with Crippen LogP contribution in [0.2, 0.25) is 0 Å². The first-order valence-corrected chi connectivity index (χ1v) is 6.95. The number of hydrogen-bond donors (Lipinski definition) is 3. The number of rotatable bonds is 4. The summed E-state index contributed by atoms with van der Waals surface area (Å²) < 4.78 is 24.2. The molecule has 0 bridgehead atoms. The molecule has 1 aliphatic rings. The number of carbonyl (C=O) groups is 2. The number of methoxy groups -OCH3 is 1. The summed E-state index contributed by atoms with van der Waals surface area (Å²) >= 11 is 0. The second-order valence-corrected chi connectivity index (χ2v) is 5.15. The van der Waals surface area contributed by atoms with Crippen LogP contribution in [0.3, 0.4) is 0 Å². The van der Waals surface area contributed by atoms with Gasteiger partial charge in [-0.05, 0) is 25.1 Å². The quantitative estimate of drug-likeness (QED) is 0.693. The number of amidine groups is 1. The molecule has 0 fully saturated rings. The lowest BCUT2D eigenvalue weighted by molar-refractivity contribution is -0.123. The van der Waals surface area contributed by atoms with E-state index in [-0.39, 0.29) is 32.2 Å². The molecule has 0 saturated heterocycles. The minimum atomic E-state index is -0.908. The summed E-state index contributed by atoms with van der Waals surface area (Å²) in [6.07, 6.45) is 0. The molecule has 1 aromatic rings. The Morgan fingerprint density at radius 2 is 2.29 bits per heavy atom. The van der Waals surface area contributed by atoms with Crippen LogP contribution in [0.15, 0.2) is 23.2 Å². The van der Waals surface area contributed by atoms with E-state index in [1.54, 1.807) is 6.92 Å². The fourth-order valence-corrected chi connectivity index (χ4v) is 2.22. The molecule has 0 radical (unpaired) electrons. The number of carbonyl (C=O) groups excluding carboxylic acids is 1. The number of hydrogen-bond acceptors (Lipinski definition) is 6. The van der Waals surface area contributed by atoms with Crippen molar-refractivity contribution >= 4 is 23.9 Å². The van der Waals surface area contributed by atoms with Crippen molar-refractivity contribution in [1.29, 1.82) is 0 Å². The average Bonchev–Trinajstić information content (AvgIpc) is 2.50. The van der Waals surface area contributed by atoms with Crippen molar-refractivity contribution < 1.29 is 28.6 Å². The highest BCUT2D eigenvalue weighted by atomic mass is 19.1. The maximum absolute atomic E-state index is 14.1. The van der Waals surface area contributed by atoms with Gasteiger partial charge in [0.25, 0.3) is 6.47 Å². The fourth-order valence-electron chi connectivity index (χ4n) is 2.22. The minimum absolute atomic E-state index is 0.0712. The van der Waals surface area contributed by atoms with Crippen molar-refractivity contribution in [3.05, 3.63) is 29.6 Å². The Labute approximate surface area is 138 Å². The standard InChI is InChI=1S/C14H18FN3O3.CH2O2/c1-14(8-21-6-12(16)18-14)10-5-9(3-4-11(10)15)17-13(19)7-20-2;2-1-3/h3-5H,6-8H2,1-2H3,(H2,16,18)(H,17,19);1H,(H,2,3)/t14-;/m0./s1. The molecule has 1 heterocycles. The first-order valence-electron chi connectivity index (χ1n) is 6.95. The number of carboxylic acid groups (broad SMARTS) is 1. The van der Waals surface area contributed by atoms with E-state index >= 15 is 0 Å². The van der Waals surface area contributed by atoms with E-state index < -0.39 is 11.4 Å². The number of aliphatic imine (C=N–C) groups is 1. The summed E-state index contributed by atoms with van der Waals surface area (Å²) in [7, 11) is 1.42. The van der Waals surface area contributed by atoms with Gasteiger partial charge in [0.1, 0.15) is 30.4 Å². The Hall–Kier alpha value is -2.52. The summed E-state index contributed by atoms with van der Waals surface area (Å²) in [6, 6.07) is 4.30. The summed E-state index contributed by atoms with van der Waals surface area (Å²) in [4.78, 5) is 24.2. The van der Waals surface area contributed by atoms with E-state index in [2.05, 4.69) is 10.3 Å². The first-order chi connectivity index (χ1) is 11.4. The zero-order chi connectivity index (χ0) is 18.2. The van der Waals surface area contributed by atoms with Gasteiger partial charge in [0, 0.05) is 18.4 Å². The molecular formula is C15H20FN3O5. The van der Waals surface area contributed by atoms with Crippen LogP contribution in [0.5, 0.6) is 0 Å². The molecule has 4 N–H and O–H groups in total. The monoisotopic (exact) mass is 341 g/mol. The highest BCUT2D eigenvalue weighted by Crippen LogP contribution is 2.32. The maximum atomic E-state index is 14.1. The Kier molecular flexibility index (Phi) is 7.28. The fraction of sp³-hybridized carbons (Fsp3) is 0.400. The van der Waals surface area contributed by atoms with Crippen LogP contribution < -0.4 is 11.1 Å². The Morgan fingerprint density at radius 1 is 1.62 bits per heavy atom. The predicted octanol–water partition coefficient (Wildman–Crippen LogP) is 0.714. The second kappa shape index (κ2) is 8.94. The van der Waals surface area contributed by atoms with Gasteiger partial charge in [0.05, 0.1) is 6.61 Å². The summed E-state index contributed by atoms with van der Waals surface area (Å²) in [5.41, 5.74) is 5.55. The number of amides is 1. The van der Waals surface area contributed by atoms with Crippen molar-refractivity contribution in [3.8, 4) is 0 Å². The van der Waals surface area contributed by atoms with Crippen molar-refractivity contribution in [1.82, 2.24) is 0 Å². The zero-order valence-electron chi connectivity index (χ0n) is 13.4. The molecular weight excluding hydrogens is 321 g/mol. The van der Waals surface area contributed by atoms with Gasteiger partial charge < -0.3 is 25.6 Å². The number of nitrogens with one attached hydrogen (secondary N) is 1. The number of ether oxygens (including phenoxy) is 2. The molecule has 2 rings (SSSR count). The average molecular weight is 341 g/mol. The van der Waals surface area contributed by atoms with Crippen LogP contribution in [0.4, 0.5) is 10.1 Å². The highest BCUT2D eigenvalue weighted by Gasteiger charge is 2.32. The van der Waals surface area contributed by atoms with Crippen molar-refractivity contribution in [3.63, 3.8) is 0 Å². The molecule has 1 atom stereocenters. The van der Waals surface area contributed by atoms with E-state index in [1.165, 1.54) is 25.3 Å². The van der Waals surface area contributed by atoms with E-state index in [9.17, 15) is 9.18 Å². The lowest BCUT2D eigenvalue weighted by Crippen LogP contribution is -2.38. The highest BCUT2D eigenvalue weighted by molar-refractivity contribution is 5.91. The van der Waals surface area contributed by atoms with Gasteiger partial charge in [-0.1, -0.05) is 0 Å². The van der Waals surface area contributed by atoms with Crippen LogP contribution in [0.25, 0.3) is 0 Å². The molecule has 0 aliphatic carbocycles. The molecule has 0 aromatic heterocycles. The molecule has 24 heavy (non-hydrogen) atoms. The lowest BCUT2D eigenvalue weighted by atomic mass is 9.92. The smallest absolute Gasteiger partial charge is 0.290 e. The van der Waals surface area contributed by atoms with Gasteiger partial charge in [-0.3, -0.25) is 14.6 Å². The van der Waals surface area contributed by atoms with Gasteiger partial charge in [0.2, 0.25) is 5.91 Å². The third-order valence-corrected chi connectivity index (χ3v) is 3.13. The van der Waals surface area contributed by atoms with E-state index in [0.29, 0.717) is 17.1 Å². The number of benzene rings is 1. The summed E-state index contributed by atoms with van der Waals surface area (Å²) in [5, 5.41) is 9.52. The molecule has 1 aliphatic heterocycles. The molecule has 0 unspecified atom stereocenters. The van der Waals surface area contributed by atoms with Crippen molar-refractivity contribution in [2.75, 3.05) is 32.2 Å². The van der Waals surface area contributed by atoms with E-state index in [0.717, 1.165) is 0 Å². The second-order valence-electron chi connectivity index (χ2n) is 5.15. The number of anilines is 1. The molecule has 1 amide bonds. The third-order valence-electron chi connectivity index (χ3n) is 3.13. The summed E-state index contributed by atoms with van der Waals surface area (Å²) in [6.45, 7) is 1.87. The molecule has 9 heteroatoms. The van der Waals surface area contributed by atoms with Crippen LogP contribution in [-0.4, -0.2) is 50.3 Å². The third kappa shape index (κ3) is 5.28.